The van der Waals surface area contributed by atoms with Crippen molar-refractivity contribution >= 4 is 86.2 Å². The van der Waals surface area contributed by atoms with Gasteiger partial charge in [0, 0.05) is 56.4 Å². The molecule has 0 saturated heterocycles. The van der Waals surface area contributed by atoms with Gasteiger partial charge >= 0.3 is 0 Å². The predicted molar refractivity (Wildman–Crippen MR) is 130 cm³/mol. The van der Waals surface area contributed by atoms with Gasteiger partial charge in [0.1, 0.15) is 4.33 Å². The summed E-state index contributed by atoms with van der Waals surface area (Å²) >= 11 is 31.0. The average molecular weight is 542 g/mol. The lowest BCUT2D eigenvalue weighted by Crippen LogP contribution is -2.17. The first-order valence-electron chi connectivity index (χ1n) is 9.28. The maximum atomic E-state index is 12.9. The zero-order valence-electron chi connectivity index (χ0n) is 16.3. The molecule has 2 aromatic carbocycles. The maximum absolute atomic E-state index is 12.9. The lowest BCUT2D eigenvalue weighted by molar-refractivity contribution is -0.117. The van der Waals surface area contributed by atoms with E-state index in [1.54, 1.807) is 30.5 Å². The second kappa shape index (κ2) is 9.98. The van der Waals surface area contributed by atoms with Crippen molar-refractivity contribution in [2.24, 2.45) is 5.92 Å². The Balaban J connectivity index is 1.73. The van der Waals surface area contributed by atoms with Crippen molar-refractivity contribution in [3.63, 3.8) is 0 Å². The van der Waals surface area contributed by atoms with Crippen LogP contribution in [-0.2, 0) is 15.6 Å². The van der Waals surface area contributed by atoms with Crippen LogP contribution in [0.3, 0.4) is 0 Å². The first kappa shape index (κ1) is 24.8. The fourth-order valence-corrected chi connectivity index (χ4v) is 5.57. The molecule has 1 amide bonds. The number of hydrogen-bond acceptors (Lipinski definition) is 3. The molecule has 10 heteroatoms. The Morgan fingerprint density at radius 1 is 1.06 bits per heavy atom. The maximum Gasteiger partial charge on any atom is 0.231 e. The van der Waals surface area contributed by atoms with Crippen molar-refractivity contribution in [2.75, 3.05) is 17.3 Å². The lowest BCUT2D eigenvalue weighted by Gasteiger charge is -2.09. The van der Waals surface area contributed by atoms with E-state index < -0.39 is 32.9 Å². The van der Waals surface area contributed by atoms with E-state index in [0.717, 1.165) is 0 Å². The van der Waals surface area contributed by atoms with E-state index in [2.05, 4.69) is 5.32 Å². The van der Waals surface area contributed by atoms with Crippen LogP contribution in [0.4, 0.5) is 5.69 Å². The highest BCUT2D eigenvalue weighted by Gasteiger charge is 2.67. The number of rotatable bonds is 8. The highest BCUT2D eigenvalue weighted by atomic mass is 35.5. The molecule has 3 rings (SSSR count). The van der Waals surface area contributed by atoms with Gasteiger partial charge in [0.25, 0.3) is 0 Å². The molecule has 1 aliphatic rings. The lowest BCUT2D eigenvalue weighted by atomic mass is 10.1. The molecule has 3 atom stereocenters. The van der Waals surface area contributed by atoms with Crippen LogP contribution in [0.1, 0.15) is 34.7 Å². The van der Waals surface area contributed by atoms with Crippen molar-refractivity contribution in [1.82, 2.24) is 0 Å². The number of carbonyl (C=O) groups excluding carboxylic acids is 2. The number of hydrogen-bond donors (Lipinski definition) is 1. The van der Waals surface area contributed by atoms with Gasteiger partial charge in [-0.1, -0.05) is 34.8 Å². The fourth-order valence-electron chi connectivity index (χ4n) is 3.43. The number of benzene rings is 2. The Kier molecular flexibility index (Phi) is 7.99. The van der Waals surface area contributed by atoms with E-state index >= 15 is 0 Å². The number of carbonyl (C=O) groups is 2. The molecule has 0 spiro atoms. The van der Waals surface area contributed by atoms with Gasteiger partial charge in [0.05, 0.1) is 10.9 Å². The number of ketones is 1. The third-order valence-corrected chi connectivity index (χ3v) is 7.52. The summed E-state index contributed by atoms with van der Waals surface area (Å²) in [5.41, 5.74) is 1.36. The van der Waals surface area contributed by atoms with Crippen molar-refractivity contribution in [3.8, 4) is 0 Å². The first-order valence-corrected chi connectivity index (χ1v) is 12.9. The predicted octanol–water partition coefficient (Wildman–Crippen LogP) is 6.51. The van der Waals surface area contributed by atoms with E-state index in [1.165, 1.54) is 12.1 Å². The third kappa shape index (κ3) is 5.95. The van der Waals surface area contributed by atoms with Crippen LogP contribution < -0.4 is 5.32 Å². The quantitative estimate of drug-likeness (QED) is 0.306. The Labute approximate surface area is 208 Å². The molecule has 0 heterocycles. The van der Waals surface area contributed by atoms with Crippen molar-refractivity contribution in [3.05, 3.63) is 62.6 Å². The van der Waals surface area contributed by atoms with Gasteiger partial charge in [-0.05, 0) is 48.4 Å². The normalized spacial score (nSPS) is 20.2. The van der Waals surface area contributed by atoms with E-state index in [9.17, 15) is 13.8 Å². The molecule has 4 nitrogen and oxygen atoms in total. The number of halogens is 5. The first-order chi connectivity index (χ1) is 14.5. The molecule has 0 aromatic heterocycles. The van der Waals surface area contributed by atoms with Gasteiger partial charge < -0.3 is 5.32 Å². The number of Topliss-reactive ketones (excluding diaryl/α,β-unsaturated/α-hetero) is 1. The van der Waals surface area contributed by atoms with Crippen LogP contribution >= 0.6 is 58.0 Å². The highest BCUT2D eigenvalue weighted by molar-refractivity contribution is 7.84. The minimum Gasteiger partial charge on any atom is -0.326 e. The molecule has 1 aliphatic carbocycles. The van der Waals surface area contributed by atoms with Gasteiger partial charge in [-0.25, -0.2) is 0 Å². The summed E-state index contributed by atoms with van der Waals surface area (Å²) in [7, 11) is -0.968. The third-order valence-electron chi connectivity index (χ3n) is 4.95. The summed E-state index contributed by atoms with van der Waals surface area (Å²) in [6.07, 6.45) is 2.29. The minimum absolute atomic E-state index is 0.187. The van der Waals surface area contributed by atoms with Gasteiger partial charge in [-0.2, -0.15) is 0 Å². The molecule has 0 aliphatic heterocycles. The topological polar surface area (TPSA) is 63.2 Å². The summed E-state index contributed by atoms with van der Waals surface area (Å²) in [5, 5.41) is 3.88. The molecule has 1 saturated carbocycles. The summed E-state index contributed by atoms with van der Waals surface area (Å²) in [6, 6.07) is 9.58. The minimum atomic E-state index is -1.31. The molecule has 3 unspecified atom stereocenters. The van der Waals surface area contributed by atoms with Gasteiger partial charge in [-0.15, -0.1) is 23.2 Å². The Morgan fingerprint density at radius 2 is 1.71 bits per heavy atom. The second-order valence-electron chi connectivity index (χ2n) is 7.32. The molecule has 166 valence electrons. The van der Waals surface area contributed by atoms with Crippen LogP contribution in [0.25, 0.3) is 0 Å². The Bertz CT molecular complexity index is 1040. The van der Waals surface area contributed by atoms with Gasteiger partial charge in [0.2, 0.25) is 5.91 Å². The van der Waals surface area contributed by atoms with Crippen LogP contribution in [0.5, 0.6) is 0 Å². The molecular formula is C21H18Cl5NO3S. The number of nitrogens with one attached hydrogen (secondary N) is 1. The van der Waals surface area contributed by atoms with Crippen LogP contribution in [0, 0.1) is 5.92 Å². The standard InChI is InChI=1S/C21H18Cl5NO3S/c1-31(30)6-2-3-17(28)15-10-14(4-5-16(15)24)27-20(29)19-18(21(19,25)26)11-7-12(22)9-13(23)8-11/h4-5,7-10,18-19H,2-3,6H2,1H3,(H,27,29). The number of anilines is 1. The number of alkyl halides is 2. The Morgan fingerprint density at radius 3 is 2.32 bits per heavy atom. The van der Waals surface area contributed by atoms with E-state index in [-0.39, 0.29) is 17.2 Å². The Hall–Kier alpha value is -0.820. The van der Waals surface area contributed by atoms with Crippen LogP contribution in [0.15, 0.2) is 36.4 Å². The summed E-state index contributed by atoms with van der Waals surface area (Å²) in [5.74, 6) is -1.35. The highest BCUT2D eigenvalue weighted by Crippen LogP contribution is 2.65. The smallest absolute Gasteiger partial charge is 0.231 e. The summed E-state index contributed by atoms with van der Waals surface area (Å²) < 4.78 is 9.88. The van der Waals surface area contributed by atoms with E-state index in [1.807, 2.05) is 0 Å². The van der Waals surface area contributed by atoms with Crippen LogP contribution in [-0.4, -0.2) is 32.2 Å². The summed E-state index contributed by atoms with van der Waals surface area (Å²) in [4.78, 5) is 25.3. The zero-order chi connectivity index (χ0) is 22.9. The fraction of sp³-hybridized carbons (Fsp3) is 0.333. The molecule has 1 N–H and O–H groups in total. The second-order valence-corrected chi connectivity index (χ2v) is 11.6. The molecule has 1 fully saturated rings. The molecule has 0 bridgehead atoms. The monoisotopic (exact) mass is 539 g/mol. The molecule has 2 aromatic rings. The van der Waals surface area contributed by atoms with E-state index in [4.69, 9.17) is 58.0 Å². The largest absolute Gasteiger partial charge is 0.326 e. The molecule has 31 heavy (non-hydrogen) atoms. The number of amides is 1. The average Bonchev–Trinajstić information content (AvgIpc) is 3.24. The van der Waals surface area contributed by atoms with Crippen molar-refractivity contribution in [2.45, 2.75) is 23.1 Å². The van der Waals surface area contributed by atoms with Crippen molar-refractivity contribution < 1.29 is 13.8 Å². The van der Waals surface area contributed by atoms with Gasteiger partial charge in [0.15, 0.2) is 5.78 Å². The summed E-state index contributed by atoms with van der Waals surface area (Å²) in [6.45, 7) is 0. The SMILES string of the molecule is CS(=O)CCCC(=O)c1cc(NC(=O)C2C(c3cc(Cl)cc(Cl)c3)C2(Cl)Cl)ccc1Cl. The zero-order valence-corrected chi connectivity index (χ0v) is 20.9. The van der Waals surface area contributed by atoms with E-state index in [0.29, 0.717) is 39.0 Å². The molecule has 0 radical (unpaired) electrons. The molecular weight excluding hydrogens is 524 g/mol. The van der Waals surface area contributed by atoms with Crippen molar-refractivity contribution in [1.29, 1.82) is 0 Å². The van der Waals surface area contributed by atoms with Gasteiger partial charge in [-0.3, -0.25) is 13.8 Å². The van der Waals surface area contributed by atoms with Crippen LogP contribution in [0.2, 0.25) is 15.1 Å².